The number of carboxylic acid groups (broad SMARTS) is 1. The number of carboxylic acids is 1. The molecule has 0 unspecified atom stereocenters. The summed E-state index contributed by atoms with van der Waals surface area (Å²) >= 11 is 0. The molecule has 10 nitrogen and oxygen atoms in total. The summed E-state index contributed by atoms with van der Waals surface area (Å²) in [4.78, 5) is 11.3. The second kappa shape index (κ2) is 10.9. The zero-order valence-corrected chi connectivity index (χ0v) is 22.8. The minimum atomic E-state index is -4.71. The van der Waals surface area contributed by atoms with Crippen LogP contribution in [0.25, 0.3) is 5.69 Å². The number of ether oxygens (including phenoxy) is 4. The van der Waals surface area contributed by atoms with E-state index in [1.54, 1.807) is 6.92 Å². The van der Waals surface area contributed by atoms with Crippen LogP contribution in [-0.4, -0.2) is 43.5 Å². The normalized spacial score (nSPS) is 23.4. The average molecular weight is 611 g/mol. The van der Waals surface area contributed by atoms with Crippen molar-refractivity contribution < 1.29 is 50.8 Å². The predicted molar refractivity (Wildman–Crippen MR) is 136 cm³/mol. The van der Waals surface area contributed by atoms with Crippen molar-refractivity contribution >= 4 is 5.97 Å². The van der Waals surface area contributed by atoms with Crippen molar-refractivity contribution in [2.75, 3.05) is 0 Å². The Labute approximate surface area is 241 Å². The number of hydrogen-bond acceptors (Lipinski definition) is 8. The number of hydrogen-bond donors (Lipinski definition) is 1. The summed E-state index contributed by atoms with van der Waals surface area (Å²) in [6, 6.07) is 5.55. The first-order chi connectivity index (χ1) is 20.4. The Morgan fingerprint density at radius 2 is 1.86 bits per heavy atom. The van der Waals surface area contributed by atoms with Crippen molar-refractivity contribution in [3.63, 3.8) is 0 Å². The van der Waals surface area contributed by atoms with Gasteiger partial charge in [0.2, 0.25) is 5.88 Å². The van der Waals surface area contributed by atoms with Crippen molar-refractivity contribution in [1.82, 2.24) is 20.0 Å². The third kappa shape index (κ3) is 5.94. The maximum Gasteiger partial charge on any atom is 0.586 e. The van der Waals surface area contributed by atoms with E-state index in [4.69, 9.17) is 9.47 Å². The number of carbonyl (C=O) groups is 1. The smallest absolute Gasteiger partial charge is 0.481 e. The van der Waals surface area contributed by atoms with Crippen LogP contribution >= 0.6 is 0 Å². The Kier molecular flexibility index (Phi) is 7.39. The van der Waals surface area contributed by atoms with Crippen LogP contribution in [0.2, 0.25) is 0 Å². The van der Waals surface area contributed by atoms with E-state index >= 15 is 0 Å². The summed E-state index contributed by atoms with van der Waals surface area (Å²) < 4.78 is 91.4. The van der Waals surface area contributed by atoms with Crippen LogP contribution in [0.1, 0.15) is 80.2 Å². The van der Waals surface area contributed by atoms with Gasteiger partial charge in [-0.2, -0.15) is 23.4 Å². The monoisotopic (exact) mass is 610 g/mol. The summed E-state index contributed by atoms with van der Waals surface area (Å²) in [5, 5.41) is 21.1. The van der Waals surface area contributed by atoms with E-state index in [1.807, 2.05) is 0 Å². The topological polar surface area (TPSA) is 118 Å². The molecule has 15 heteroatoms. The second-order valence-corrected chi connectivity index (χ2v) is 10.8. The summed E-state index contributed by atoms with van der Waals surface area (Å²) in [7, 11) is 0. The van der Waals surface area contributed by atoms with Gasteiger partial charge >= 0.3 is 18.4 Å². The third-order valence-electron chi connectivity index (χ3n) is 7.92. The highest BCUT2D eigenvalue weighted by atomic mass is 19.4. The Hall–Kier alpha value is -4.01. The zero-order chi connectivity index (χ0) is 30.5. The molecule has 1 aliphatic heterocycles. The number of nitrogens with zero attached hydrogens (tertiary/aromatic N) is 4. The first-order valence-corrected chi connectivity index (χ1v) is 13.8. The molecule has 1 fully saturated rings. The lowest BCUT2D eigenvalue weighted by molar-refractivity contribution is -0.286. The van der Waals surface area contributed by atoms with Crippen LogP contribution in [0.3, 0.4) is 0 Å². The summed E-state index contributed by atoms with van der Waals surface area (Å²) in [5.41, 5.74) is -0.0702. The van der Waals surface area contributed by atoms with E-state index in [9.17, 15) is 31.9 Å². The molecule has 43 heavy (non-hydrogen) atoms. The Balaban J connectivity index is 1.27. The largest absolute Gasteiger partial charge is 0.586 e. The predicted octanol–water partition coefficient (Wildman–Crippen LogP) is 6.18. The van der Waals surface area contributed by atoms with E-state index < -0.39 is 42.3 Å². The molecule has 1 N–H and O–H groups in total. The van der Waals surface area contributed by atoms with Gasteiger partial charge in [-0.25, -0.2) is 4.68 Å². The second-order valence-electron chi connectivity index (χ2n) is 10.8. The molecule has 0 radical (unpaired) electrons. The molecule has 3 heterocycles. The molecular formula is C28H27F5N4O6. The van der Waals surface area contributed by atoms with E-state index in [-0.39, 0.29) is 46.8 Å². The number of rotatable bonds is 7. The molecule has 0 bridgehead atoms. The van der Waals surface area contributed by atoms with Crippen LogP contribution < -0.4 is 14.2 Å². The van der Waals surface area contributed by atoms with Crippen LogP contribution in [0.5, 0.6) is 17.4 Å². The highest BCUT2D eigenvalue weighted by Crippen LogP contribution is 2.44. The van der Waals surface area contributed by atoms with Crippen LogP contribution in [0, 0.1) is 5.92 Å². The molecule has 2 aliphatic carbocycles. The van der Waals surface area contributed by atoms with Gasteiger partial charge in [0.25, 0.3) is 0 Å². The minimum absolute atomic E-state index is 0.0360. The van der Waals surface area contributed by atoms with Gasteiger partial charge in [-0.05, 0) is 69.6 Å². The fraction of sp³-hybridized carbons (Fsp3) is 0.500. The highest BCUT2D eigenvalue weighted by molar-refractivity contribution is 5.70. The molecule has 230 valence electrons. The van der Waals surface area contributed by atoms with Gasteiger partial charge in [-0.15, -0.1) is 13.9 Å². The van der Waals surface area contributed by atoms with Gasteiger partial charge in [-0.3, -0.25) is 4.79 Å². The molecule has 0 saturated heterocycles. The van der Waals surface area contributed by atoms with E-state index in [0.717, 1.165) is 0 Å². The fourth-order valence-corrected chi connectivity index (χ4v) is 5.86. The quantitative estimate of drug-likeness (QED) is 0.313. The maximum atomic E-state index is 14.1. The standard InChI is InChI=1S/C28H27F5N4O6/c1-14(16-7-10-20-22(11-16)43-28(32,33)42-20)40-23-12-17(13-34-35-23)37-24-19(25(36-37)27(29,30)31)3-2-4-21(24)41-18-8-5-15(6-9-18)26(38)39/h7,10-15,18,21H,2-6,8-9H2,1H3,(H,38,39)/t14-,15?,18?,21+/m1/s1. The van der Waals surface area contributed by atoms with E-state index in [1.165, 1.54) is 35.1 Å². The van der Waals surface area contributed by atoms with Crippen molar-refractivity contribution in [1.29, 1.82) is 0 Å². The number of aromatic nitrogens is 4. The van der Waals surface area contributed by atoms with Crippen molar-refractivity contribution in [2.45, 2.75) is 82.7 Å². The number of alkyl halides is 5. The molecule has 3 aromatic rings. The maximum absolute atomic E-state index is 14.1. The average Bonchev–Trinajstić information content (AvgIpc) is 3.50. The Morgan fingerprint density at radius 1 is 1.12 bits per heavy atom. The number of aliphatic carboxylic acids is 1. The fourth-order valence-electron chi connectivity index (χ4n) is 5.86. The lowest BCUT2D eigenvalue weighted by atomic mass is 9.87. The molecule has 1 aromatic carbocycles. The molecule has 0 amide bonds. The molecular weight excluding hydrogens is 583 g/mol. The molecule has 3 aliphatic rings. The van der Waals surface area contributed by atoms with E-state index in [2.05, 4.69) is 24.8 Å². The molecule has 6 rings (SSSR count). The lowest BCUT2D eigenvalue weighted by Gasteiger charge is -2.32. The Morgan fingerprint density at radius 3 is 2.58 bits per heavy atom. The first kappa shape index (κ1) is 29.1. The number of benzene rings is 1. The van der Waals surface area contributed by atoms with Crippen LogP contribution in [-0.2, 0) is 22.1 Å². The molecule has 1 saturated carbocycles. The van der Waals surface area contributed by atoms with Gasteiger partial charge in [0.1, 0.15) is 12.2 Å². The third-order valence-corrected chi connectivity index (χ3v) is 7.92. The van der Waals surface area contributed by atoms with Crippen LogP contribution in [0.15, 0.2) is 30.5 Å². The van der Waals surface area contributed by atoms with Gasteiger partial charge in [-0.1, -0.05) is 6.07 Å². The summed E-state index contributed by atoms with van der Waals surface area (Å²) in [5.74, 6) is -1.64. The van der Waals surface area contributed by atoms with Crippen molar-refractivity contribution in [3.8, 4) is 23.1 Å². The van der Waals surface area contributed by atoms with Crippen molar-refractivity contribution in [2.24, 2.45) is 5.92 Å². The zero-order valence-electron chi connectivity index (χ0n) is 22.8. The molecule has 2 aromatic heterocycles. The van der Waals surface area contributed by atoms with Crippen LogP contribution in [0.4, 0.5) is 22.0 Å². The first-order valence-electron chi connectivity index (χ1n) is 13.8. The number of halogens is 5. The Bertz CT molecular complexity index is 1520. The minimum Gasteiger partial charge on any atom is -0.481 e. The van der Waals surface area contributed by atoms with Gasteiger partial charge < -0.3 is 24.1 Å². The number of fused-ring (bicyclic) bond motifs is 2. The molecule has 0 spiro atoms. The summed E-state index contributed by atoms with van der Waals surface area (Å²) in [6.45, 7) is 1.63. The summed E-state index contributed by atoms with van der Waals surface area (Å²) in [6.07, 6.45) is -5.98. The lowest BCUT2D eigenvalue weighted by Crippen LogP contribution is -2.29. The van der Waals surface area contributed by atoms with Gasteiger partial charge in [0, 0.05) is 11.6 Å². The SMILES string of the molecule is C[C@@H](Oc1cc(-n2nc(C(F)(F)F)c3c2[C@@H](OC2CCC(C(=O)O)CC2)CCC3)cnn1)c1ccc2c(c1)OC(F)(F)O2. The van der Waals surface area contributed by atoms with Gasteiger partial charge in [0.05, 0.1) is 29.6 Å². The van der Waals surface area contributed by atoms with E-state index in [0.29, 0.717) is 44.1 Å². The van der Waals surface area contributed by atoms with Crippen molar-refractivity contribution in [3.05, 3.63) is 53.0 Å². The van der Waals surface area contributed by atoms with Gasteiger partial charge in [0.15, 0.2) is 17.2 Å². The molecule has 2 atom stereocenters. The highest BCUT2D eigenvalue weighted by Gasteiger charge is 2.44.